The van der Waals surface area contributed by atoms with Crippen LogP contribution in [0.15, 0.2) is 42.6 Å². The SMILES string of the molecule is CCC(C#CC(=O)O)CC(=O)N1CCc2c(n(Cc3cccc(F)c3)c3ncccc23)C1. The molecule has 0 saturated carbocycles. The molecule has 1 unspecified atom stereocenters. The molecule has 0 aliphatic carbocycles. The molecule has 6 nitrogen and oxygen atoms in total. The Kier molecular flexibility index (Phi) is 6.22. The number of carbonyl (C=O) groups is 2. The number of hydrogen-bond donors (Lipinski definition) is 1. The monoisotopic (exact) mass is 433 g/mol. The van der Waals surface area contributed by atoms with Crippen molar-refractivity contribution in [2.24, 2.45) is 5.92 Å². The number of fused-ring (bicyclic) bond motifs is 3. The van der Waals surface area contributed by atoms with Crippen LogP contribution in [0.5, 0.6) is 0 Å². The number of carboxylic acids is 1. The highest BCUT2D eigenvalue weighted by atomic mass is 19.1. The molecule has 2 aromatic heterocycles. The van der Waals surface area contributed by atoms with E-state index in [0.29, 0.717) is 32.5 Å². The predicted molar refractivity (Wildman–Crippen MR) is 118 cm³/mol. The lowest BCUT2D eigenvalue weighted by Crippen LogP contribution is -2.37. The summed E-state index contributed by atoms with van der Waals surface area (Å²) in [6.45, 7) is 3.38. The van der Waals surface area contributed by atoms with Gasteiger partial charge in [0.1, 0.15) is 11.5 Å². The third-order valence-electron chi connectivity index (χ3n) is 5.89. The standard InChI is InChI=1S/C25H24FN3O3/c1-2-17(8-9-24(31)32)14-23(30)28-12-10-20-21-7-4-11-27-25(21)29(22(20)16-28)15-18-5-3-6-19(26)13-18/h3-7,11,13,17H,2,10,12,14-16H2,1H3,(H,31,32). The summed E-state index contributed by atoms with van der Waals surface area (Å²) in [5.74, 6) is 3.00. The van der Waals surface area contributed by atoms with Crippen LogP contribution in [0, 0.1) is 23.6 Å². The molecule has 0 radical (unpaired) electrons. The first-order valence-corrected chi connectivity index (χ1v) is 10.7. The molecule has 0 fully saturated rings. The highest BCUT2D eigenvalue weighted by molar-refractivity contribution is 5.87. The van der Waals surface area contributed by atoms with E-state index in [1.807, 2.05) is 25.1 Å². The fraction of sp³-hybridized carbons (Fsp3) is 0.320. The molecular weight excluding hydrogens is 409 g/mol. The molecule has 0 saturated heterocycles. The van der Waals surface area contributed by atoms with Gasteiger partial charge in [-0.15, -0.1) is 0 Å². The summed E-state index contributed by atoms with van der Waals surface area (Å²) >= 11 is 0. The molecule has 1 aliphatic heterocycles. The van der Waals surface area contributed by atoms with Gasteiger partial charge in [-0.2, -0.15) is 0 Å². The molecule has 1 amide bonds. The molecule has 1 N–H and O–H groups in total. The van der Waals surface area contributed by atoms with Crippen LogP contribution in [0.3, 0.4) is 0 Å². The fourth-order valence-electron chi connectivity index (χ4n) is 4.26. The second kappa shape index (κ2) is 9.23. The molecule has 7 heteroatoms. The first-order chi connectivity index (χ1) is 15.5. The van der Waals surface area contributed by atoms with Crippen molar-refractivity contribution in [3.8, 4) is 11.8 Å². The number of pyridine rings is 1. The minimum Gasteiger partial charge on any atom is -0.472 e. The predicted octanol–water partition coefficient (Wildman–Crippen LogP) is 3.61. The quantitative estimate of drug-likeness (QED) is 0.624. The van der Waals surface area contributed by atoms with Gasteiger partial charge in [0.2, 0.25) is 5.91 Å². The minimum atomic E-state index is -1.19. The van der Waals surface area contributed by atoms with Crippen LogP contribution in [0.1, 0.15) is 36.6 Å². The average molecular weight is 433 g/mol. The van der Waals surface area contributed by atoms with E-state index >= 15 is 0 Å². The zero-order valence-corrected chi connectivity index (χ0v) is 17.8. The van der Waals surface area contributed by atoms with E-state index in [2.05, 4.69) is 21.4 Å². The number of amides is 1. The summed E-state index contributed by atoms with van der Waals surface area (Å²) in [5.41, 5.74) is 3.84. The highest BCUT2D eigenvalue weighted by Crippen LogP contribution is 2.31. The summed E-state index contributed by atoms with van der Waals surface area (Å²) in [6.07, 6.45) is 3.24. The third-order valence-corrected chi connectivity index (χ3v) is 5.89. The van der Waals surface area contributed by atoms with Gasteiger partial charge in [-0.3, -0.25) is 4.79 Å². The molecule has 32 heavy (non-hydrogen) atoms. The van der Waals surface area contributed by atoms with Gasteiger partial charge in [0.15, 0.2) is 0 Å². The van der Waals surface area contributed by atoms with E-state index in [4.69, 9.17) is 5.11 Å². The minimum absolute atomic E-state index is 0.0438. The van der Waals surface area contributed by atoms with E-state index < -0.39 is 5.97 Å². The molecule has 4 rings (SSSR count). The van der Waals surface area contributed by atoms with Crippen molar-refractivity contribution in [3.63, 3.8) is 0 Å². The second-order valence-corrected chi connectivity index (χ2v) is 7.96. The number of halogens is 1. The first kappa shape index (κ1) is 21.6. The summed E-state index contributed by atoms with van der Waals surface area (Å²) in [5, 5.41) is 9.85. The van der Waals surface area contributed by atoms with E-state index in [9.17, 15) is 14.0 Å². The Morgan fingerprint density at radius 1 is 1.28 bits per heavy atom. The number of nitrogens with zero attached hydrogens (tertiary/aromatic N) is 3. The van der Waals surface area contributed by atoms with Crippen LogP contribution in [-0.2, 0) is 29.1 Å². The maximum atomic E-state index is 13.8. The lowest BCUT2D eigenvalue weighted by Gasteiger charge is -2.29. The van der Waals surface area contributed by atoms with Crippen molar-refractivity contribution in [1.82, 2.24) is 14.5 Å². The number of carboxylic acid groups (broad SMARTS) is 1. The number of aliphatic carboxylic acids is 1. The molecule has 3 aromatic rings. The largest absolute Gasteiger partial charge is 0.472 e. The van der Waals surface area contributed by atoms with E-state index in [1.54, 1.807) is 17.2 Å². The smallest absolute Gasteiger partial charge is 0.381 e. The summed E-state index contributed by atoms with van der Waals surface area (Å²) in [7, 11) is 0. The molecule has 0 bridgehead atoms. The van der Waals surface area contributed by atoms with Crippen molar-refractivity contribution in [3.05, 3.63) is 65.2 Å². The normalized spacial score (nSPS) is 13.9. The number of rotatable bonds is 5. The first-order valence-electron chi connectivity index (χ1n) is 10.7. The number of carbonyl (C=O) groups excluding carboxylic acids is 1. The Bertz CT molecular complexity index is 1240. The Morgan fingerprint density at radius 3 is 2.88 bits per heavy atom. The maximum Gasteiger partial charge on any atom is 0.381 e. The second-order valence-electron chi connectivity index (χ2n) is 7.96. The third kappa shape index (κ3) is 4.50. The Hall–Kier alpha value is -3.66. The number of benzene rings is 1. The van der Waals surface area contributed by atoms with Crippen molar-refractivity contribution >= 4 is 22.9 Å². The van der Waals surface area contributed by atoms with Crippen LogP contribution in [0.25, 0.3) is 11.0 Å². The Morgan fingerprint density at radius 2 is 2.12 bits per heavy atom. The fourth-order valence-corrected chi connectivity index (χ4v) is 4.26. The van der Waals surface area contributed by atoms with E-state index in [-0.39, 0.29) is 24.1 Å². The zero-order chi connectivity index (χ0) is 22.7. The Balaban J connectivity index is 1.63. The lowest BCUT2D eigenvalue weighted by molar-refractivity contribution is -0.133. The molecule has 3 heterocycles. The van der Waals surface area contributed by atoms with E-state index in [1.165, 1.54) is 17.7 Å². The molecule has 1 aromatic carbocycles. The van der Waals surface area contributed by atoms with Crippen LogP contribution in [-0.4, -0.2) is 38.0 Å². The van der Waals surface area contributed by atoms with Crippen LogP contribution < -0.4 is 0 Å². The topological polar surface area (TPSA) is 75.4 Å². The van der Waals surface area contributed by atoms with Crippen molar-refractivity contribution in [2.75, 3.05) is 6.54 Å². The summed E-state index contributed by atoms with van der Waals surface area (Å²) in [6, 6.07) is 10.4. The van der Waals surface area contributed by atoms with Gasteiger partial charge in [-0.25, -0.2) is 14.2 Å². The lowest BCUT2D eigenvalue weighted by atomic mass is 10.00. The molecular formula is C25H24FN3O3. The summed E-state index contributed by atoms with van der Waals surface area (Å²) in [4.78, 5) is 30.1. The summed E-state index contributed by atoms with van der Waals surface area (Å²) < 4.78 is 15.8. The van der Waals surface area contributed by atoms with Crippen LogP contribution in [0.2, 0.25) is 0 Å². The van der Waals surface area contributed by atoms with Gasteiger partial charge < -0.3 is 14.6 Å². The number of aromatic nitrogens is 2. The van der Waals surface area contributed by atoms with Crippen molar-refractivity contribution in [2.45, 2.75) is 39.3 Å². The zero-order valence-electron chi connectivity index (χ0n) is 17.8. The maximum absolute atomic E-state index is 13.8. The molecule has 1 aliphatic rings. The highest BCUT2D eigenvalue weighted by Gasteiger charge is 2.28. The van der Waals surface area contributed by atoms with Crippen LogP contribution >= 0.6 is 0 Å². The molecule has 1 atom stereocenters. The Labute approximate surface area is 185 Å². The molecule has 164 valence electrons. The van der Waals surface area contributed by atoms with Gasteiger partial charge in [-0.05, 0) is 48.2 Å². The van der Waals surface area contributed by atoms with E-state index in [0.717, 1.165) is 22.3 Å². The van der Waals surface area contributed by atoms with Gasteiger partial charge in [0, 0.05) is 48.6 Å². The number of hydrogen-bond acceptors (Lipinski definition) is 3. The molecule has 0 spiro atoms. The van der Waals surface area contributed by atoms with Gasteiger partial charge in [0.25, 0.3) is 0 Å². The van der Waals surface area contributed by atoms with Crippen molar-refractivity contribution in [1.29, 1.82) is 0 Å². The van der Waals surface area contributed by atoms with Crippen molar-refractivity contribution < 1.29 is 19.1 Å². The average Bonchev–Trinajstić information content (AvgIpc) is 3.09. The van der Waals surface area contributed by atoms with Gasteiger partial charge >= 0.3 is 5.97 Å². The van der Waals surface area contributed by atoms with Crippen LogP contribution in [0.4, 0.5) is 4.39 Å². The van der Waals surface area contributed by atoms with Gasteiger partial charge in [-0.1, -0.05) is 25.0 Å². The van der Waals surface area contributed by atoms with Gasteiger partial charge in [0.05, 0.1) is 6.54 Å².